The van der Waals surface area contributed by atoms with Gasteiger partial charge in [-0.1, -0.05) is 23.2 Å². The van der Waals surface area contributed by atoms with Crippen LogP contribution in [-0.4, -0.2) is 21.8 Å². The number of benzene rings is 2. The maximum atomic E-state index is 12.9. The van der Waals surface area contributed by atoms with Crippen LogP contribution in [0.1, 0.15) is 33.9 Å². The molecule has 3 aromatic rings. The van der Waals surface area contributed by atoms with E-state index in [-0.39, 0.29) is 5.91 Å². The van der Waals surface area contributed by atoms with E-state index in [0.29, 0.717) is 34.8 Å². The van der Waals surface area contributed by atoms with E-state index in [0.717, 1.165) is 29.3 Å². The van der Waals surface area contributed by atoms with Crippen LogP contribution in [0.15, 0.2) is 53.9 Å². The first-order chi connectivity index (χ1) is 13.6. The van der Waals surface area contributed by atoms with Crippen molar-refractivity contribution in [3.63, 3.8) is 0 Å². The molecule has 0 radical (unpaired) electrons. The van der Waals surface area contributed by atoms with Crippen LogP contribution >= 0.6 is 34.5 Å². The van der Waals surface area contributed by atoms with Crippen molar-refractivity contribution in [2.45, 2.75) is 32.0 Å². The van der Waals surface area contributed by atoms with Crippen LogP contribution < -0.4 is 4.74 Å². The summed E-state index contributed by atoms with van der Waals surface area (Å²) in [7, 11) is 0. The zero-order chi connectivity index (χ0) is 19.5. The third kappa shape index (κ3) is 4.85. The Bertz CT molecular complexity index is 953. The molecule has 0 unspecified atom stereocenters. The Balaban J connectivity index is 1.40. The molecule has 1 aromatic heterocycles. The van der Waals surface area contributed by atoms with E-state index < -0.39 is 0 Å². The van der Waals surface area contributed by atoms with E-state index in [9.17, 15) is 4.79 Å². The molecule has 1 amide bonds. The average molecular weight is 433 g/mol. The molecule has 7 heteroatoms. The number of halogens is 2. The van der Waals surface area contributed by atoms with E-state index in [2.05, 4.69) is 4.98 Å². The topological polar surface area (TPSA) is 42.4 Å². The minimum absolute atomic E-state index is 0.0196. The van der Waals surface area contributed by atoms with Gasteiger partial charge in [0.2, 0.25) is 0 Å². The first-order valence-corrected chi connectivity index (χ1v) is 10.6. The summed E-state index contributed by atoms with van der Waals surface area (Å²) in [4.78, 5) is 19.5. The summed E-state index contributed by atoms with van der Waals surface area (Å²) in [6.07, 6.45) is 2.08. The number of amides is 1. The zero-order valence-corrected chi connectivity index (χ0v) is 17.3. The lowest BCUT2D eigenvalue weighted by Crippen LogP contribution is -2.32. The fourth-order valence-electron chi connectivity index (χ4n) is 2.85. The van der Waals surface area contributed by atoms with Crippen LogP contribution in [0.2, 0.25) is 10.0 Å². The van der Waals surface area contributed by atoms with Crippen LogP contribution in [0.5, 0.6) is 5.75 Å². The monoisotopic (exact) mass is 432 g/mol. The summed E-state index contributed by atoms with van der Waals surface area (Å²) in [5.74, 6) is 0.768. The maximum absolute atomic E-state index is 12.9. The summed E-state index contributed by atoms with van der Waals surface area (Å²) >= 11 is 13.4. The molecule has 1 aliphatic carbocycles. The number of carbonyl (C=O) groups excluding carboxylic acids is 1. The highest BCUT2D eigenvalue weighted by molar-refractivity contribution is 7.09. The molecule has 1 heterocycles. The fraction of sp³-hybridized carbons (Fsp3) is 0.238. The molecule has 0 saturated heterocycles. The van der Waals surface area contributed by atoms with Crippen LogP contribution in [0.25, 0.3) is 0 Å². The summed E-state index contributed by atoms with van der Waals surface area (Å²) < 4.78 is 5.75. The van der Waals surface area contributed by atoms with E-state index in [4.69, 9.17) is 27.9 Å². The van der Waals surface area contributed by atoms with Gasteiger partial charge in [0.15, 0.2) is 0 Å². The number of rotatable bonds is 7. The Morgan fingerprint density at radius 2 is 1.71 bits per heavy atom. The van der Waals surface area contributed by atoms with Gasteiger partial charge in [-0.3, -0.25) is 4.79 Å². The summed E-state index contributed by atoms with van der Waals surface area (Å²) in [6, 6.07) is 14.6. The van der Waals surface area contributed by atoms with Crippen molar-refractivity contribution in [3.05, 3.63) is 80.2 Å². The van der Waals surface area contributed by atoms with E-state index >= 15 is 0 Å². The lowest BCUT2D eigenvalue weighted by atomic mass is 10.2. The molecule has 144 valence electrons. The molecule has 0 bridgehead atoms. The standard InChI is InChI=1S/C21H18Cl2N2O2S/c22-15-3-1-14(2-4-15)21(26)25(18-7-8-18)11-17-13-28-20(24-17)12-27-19-9-5-16(23)6-10-19/h1-6,9-10,13,18H,7-8,11-12H2. The predicted octanol–water partition coefficient (Wildman–Crippen LogP) is 5.83. The van der Waals surface area contributed by atoms with Gasteiger partial charge in [-0.05, 0) is 61.4 Å². The van der Waals surface area contributed by atoms with Gasteiger partial charge in [0.25, 0.3) is 5.91 Å². The number of carbonyl (C=O) groups is 1. The highest BCUT2D eigenvalue weighted by Gasteiger charge is 2.33. The van der Waals surface area contributed by atoms with Crippen molar-refractivity contribution in [2.75, 3.05) is 0 Å². The van der Waals surface area contributed by atoms with Crippen LogP contribution in [-0.2, 0) is 13.2 Å². The van der Waals surface area contributed by atoms with Gasteiger partial charge < -0.3 is 9.64 Å². The van der Waals surface area contributed by atoms with Gasteiger partial charge in [0.05, 0.1) is 12.2 Å². The second-order valence-electron chi connectivity index (χ2n) is 6.65. The first-order valence-electron chi connectivity index (χ1n) is 8.96. The molecule has 1 aliphatic rings. The predicted molar refractivity (Wildman–Crippen MR) is 112 cm³/mol. The molecule has 2 aromatic carbocycles. The highest BCUT2D eigenvalue weighted by Crippen LogP contribution is 2.30. The van der Waals surface area contributed by atoms with Gasteiger partial charge in [-0.15, -0.1) is 11.3 Å². The van der Waals surface area contributed by atoms with Gasteiger partial charge in [-0.2, -0.15) is 0 Å². The zero-order valence-electron chi connectivity index (χ0n) is 15.0. The molecule has 0 atom stereocenters. The maximum Gasteiger partial charge on any atom is 0.254 e. The number of aromatic nitrogens is 1. The molecule has 0 N–H and O–H groups in total. The normalized spacial score (nSPS) is 13.4. The molecule has 1 fully saturated rings. The van der Waals surface area contributed by atoms with E-state index in [1.165, 1.54) is 11.3 Å². The SMILES string of the molecule is O=C(c1ccc(Cl)cc1)N(Cc1csc(COc2ccc(Cl)cc2)n1)C1CC1. The fourth-order valence-corrected chi connectivity index (χ4v) is 3.80. The van der Waals surface area contributed by atoms with Crippen molar-refractivity contribution < 1.29 is 9.53 Å². The van der Waals surface area contributed by atoms with Crippen molar-refractivity contribution in [3.8, 4) is 5.75 Å². The largest absolute Gasteiger partial charge is 0.486 e. The molecule has 0 spiro atoms. The van der Waals surface area contributed by atoms with Gasteiger partial charge in [0, 0.05) is 27.0 Å². The highest BCUT2D eigenvalue weighted by atomic mass is 35.5. The average Bonchev–Trinajstić information content (AvgIpc) is 3.45. The van der Waals surface area contributed by atoms with Crippen molar-refractivity contribution in [1.29, 1.82) is 0 Å². The molecule has 1 saturated carbocycles. The van der Waals surface area contributed by atoms with Crippen LogP contribution in [0.3, 0.4) is 0 Å². The molecular weight excluding hydrogens is 415 g/mol. The molecule has 4 rings (SSSR count). The Hall–Kier alpha value is -2.08. The Morgan fingerprint density at radius 1 is 1.07 bits per heavy atom. The second-order valence-corrected chi connectivity index (χ2v) is 8.46. The number of hydrogen-bond acceptors (Lipinski definition) is 4. The van der Waals surface area contributed by atoms with E-state index in [1.807, 2.05) is 22.4 Å². The number of ether oxygens (including phenoxy) is 1. The van der Waals surface area contributed by atoms with Crippen molar-refractivity contribution in [2.24, 2.45) is 0 Å². The van der Waals surface area contributed by atoms with E-state index in [1.54, 1.807) is 36.4 Å². The Kier molecular flexibility index (Phi) is 5.85. The second kappa shape index (κ2) is 8.52. The Morgan fingerprint density at radius 3 is 2.36 bits per heavy atom. The first kappa shape index (κ1) is 19.2. The van der Waals surface area contributed by atoms with Crippen molar-refractivity contribution >= 4 is 40.4 Å². The summed E-state index contributed by atoms with van der Waals surface area (Å²) in [5.41, 5.74) is 1.53. The quantitative estimate of drug-likeness (QED) is 0.471. The third-order valence-corrected chi connectivity index (χ3v) is 5.82. The van der Waals surface area contributed by atoms with Gasteiger partial charge in [0.1, 0.15) is 17.4 Å². The molecule has 4 nitrogen and oxygen atoms in total. The Labute approximate surface area is 177 Å². The minimum Gasteiger partial charge on any atom is -0.486 e. The third-order valence-electron chi connectivity index (χ3n) is 4.45. The number of thiazole rings is 1. The van der Waals surface area contributed by atoms with Crippen LogP contribution in [0, 0.1) is 0 Å². The smallest absolute Gasteiger partial charge is 0.254 e. The lowest BCUT2D eigenvalue weighted by molar-refractivity contribution is 0.0728. The number of hydrogen-bond donors (Lipinski definition) is 0. The molecular formula is C21H18Cl2N2O2S. The minimum atomic E-state index is 0.0196. The van der Waals surface area contributed by atoms with Crippen molar-refractivity contribution in [1.82, 2.24) is 9.88 Å². The lowest BCUT2D eigenvalue weighted by Gasteiger charge is -2.21. The molecule has 0 aliphatic heterocycles. The van der Waals surface area contributed by atoms with Gasteiger partial charge >= 0.3 is 0 Å². The molecule has 28 heavy (non-hydrogen) atoms. The van der Waals surface area contributed by atoms with Crippen LogP contribution in [0.4, 0.5) is 0 Å². The summed E-state index contributed by atoms with van der Waals surface area (Å²) in [5, 5.41) is 4.17. The summed E-state index contributed by atoms with van der Waals surface area (Å²) in [6.45, 7) is 0.893. The van der Waals surface area contributed by atoms with Gasteiger partial charge in [-0.25, -0.2) is 4.98 Å². The number of nitrogens with zero attached hydrogens (tertiary/aromatic N) is 2.